The van der Waals surface area contributed by atoms with E-state index in [2.05, 4.69) is 149 Å². The van der Waals surface area contributed by atoms with Crippen molar-refractivity contribution in [3.8, 4) is 0 Å². The van der Waals surface area contributed by atoms with Crippen molar-refractivity contribution in [3.63, 3.8) is 0 Å². The Morgan fingerprint density at radius 1 is 0.443 bits per heavy atom. The van der Waals surface area contributed by atoms with Crippen molar-refractivity contribution in [1.29, 1.82) is 0 Å². The second-order valence-electron chi connectivity index (χ2n) is 6.89. The van der Waals surface area contributed by atoms with Crippen LogP contribution in [-0.4, -0.2) is 123 Å². The Morgan fingerprint density at radius 2 is 0.541 bits per heavy atom. The number of hydrogen-bond acceptors (Lipinski definition) is 14. The number of rotatable bonds is 6. The summed E-state index contributed by atoms with van der Waals surface area (Å²) in [5, 5.41) is 0. The van der Waals surface area contributed by atoms with Crippen LogP contribution in [0.5, 0.6) is 0 Å². The summed E-state index contributed by atoms with van der Waals surface area (Å²) in [4.78, 5) is 86.2. The van der Waals surface area contributed by atoms with Crippen LogP contribution < -0.4 is 29.6 Å². The van der Waals surface area contributed by atoms with Crippen LogP contribution in [0.1, 0.15) is 69.7 Å². The van der Waals surface area contributed by atoms with Crippen LogP contribution in [0.4, 0.5) is 0 Å². The van der Waals surface area contributed by atoms with Crippen LogP contribution in [-0.2, 0) is 140 Å². The third-order valence-corrected chi connectivity index (χ3v) is 2.50. The standard InChI is InChI=1S/2C8H16N2.C4H8O.9CHO.5CO.2CH3.HI.2Mn.Na.2Ru.H/c2*1-7(2)9-5-6-10-8(3)4;1-2-4-5-3-1;14*1-2;;;;;;;;;/h2*5-8H,1-4H3;1-4H2;9*1H;;;;;;2*1H3;1H;;;;;;/q;;;9*-1;;;;;;2*-1;;;;+1;+3;+4;-1/p-1. The van der Waals surface area contributed by atoms with Crippen LogP contribution in [0.25, 0.3) is 0 Å². The Bertz CT molecular complexity index is 649. The van der Waals surface area contributed by atoms with Gasteiger partial charge in [0.2, 0.25) is 0 Å². The Labute approximate surface area is 445 Å². The van der Waals surface area contributed by atoms with Crippen LogP contribution in [0.3, 0.4) is 0 Å². The molecule has 1 fully saturated rings. The molecule has 0 saturated carbocycles. The van der Waals surface area contributed by atoms with Gasteiger partial charge >= 0.3 is 140 Å². The Kier molecular flexibility index (Phi) is 881. The van der Waals surface area contributed by atoms with Gasteiger partial charge in [-0.25, -0.2) is 0 Å². The predicted octanol–water partition coefficient (Wildman–Crippen LogP) is 0.925. The molecule has 0 aromatic heterocycles. The molecule has 0 N–H and O–H groups in total. The third-order valence-electron chi connectivity index (χ3n) is 2.50. The SMILES string of the molecule is C1CCOC1.CC(C)N=CC=NC(C)C.CC(C)N=CC=NC(C)C.[C-]#[O+].[C-]#[O+].[C-]#[O+].[C-]#[O+].[C-]#[O+].[CH-]=O.[CH-]=O.[CH-]=O.[CH-]=O.[CH-]=O.[CH-]=O.[CH-]=O.[CH-]=O.[CH-]=O.[CH3-].[CH3-].[H-].[Mn].[Mn].[Na+].[Ru+3].[Ru+3][I]. The zero-order chi connectivity index (χ0) is 49.5. The summed E-state index contributed by atoms with van der Waals surface area (Å²) >= 11 is 4.40. The zero-order valence-corrected chi connectivity index (χ0v) is 45.9. The van der Waals surface area contributed by atoms with Crippen molar-refractivity contribution in [1.82, 2.24) is 0 Å². The second kappa shape index (κ2) is 352. The van der Waals surface area contributed by atoms with Gasteiger partial charge in [-0.05, 0) is 68.2 Å². The normalized spacial score (nSPS) is 7.07. The second-order valence-corrected chi connectivity index (χ2v) is 6.89. The van der Waals surface area contributed by atoms with Gasteiger partial charge in [0.15, 0.2) is 0 Å². The predicted molar refractivity (Wildman–Crippen MR) is 223 cm³/mol. The number of aliphatic imine (C=N–C) groups is 4. The summed E-state index contributed by atoms with van der Waals surface area (Å²) in [7, 11) is 0. The molecule has 0 bridgehead atoms. The minimum absolute atomic E-state index is 0. The van der Waals surface area contributed by atoms with Crippen LogP contribution in [0, 0.1) is 48.1 Å². The first-order chi connectivity index (χ1) is 26.8. The van der Waals surface area contributed by atoms with Gasteiger partial charge in [-0.3, -0.25) is 81.1 Å². The number of carbonyl (C=O) groups excluding carboxylic acids is 9. The molecular formula is C36H56IMn2N4NaO15Ru2-5. The van der Waals surface area contributed by atoms with E-state index in [1.165, 1.54) is 12.8 Å². The van der Waals surface area contributed by atoms with E-state index in [1.54, 1.807) is 24.9 Å². The Balaban J connectivity index is -0.0000000118. The van der Waals surface area contributed by atoms with Crippen molar-refractivity contribution in [2.45, 2.75) is 92.4 Å². The monoisotopic (exact) mass is 1250 g/mol. The van der Waals surface area contributed by atoms with E-state index in [0.717, 1.165) is 13.2 Å². The molecule has 1 rings (SSSR count). The van der Waals surface area contributed by atoms with Gasteiger partial charge in [0, 0.05) is 96.4 Å². The first-order valence-corrected chi connectivity index (χ1v) is 17.9. The topological polar surface area (TPSA) is 312 Å². The quantitative estimate of drug-likeness (QED) is 0.0905. The summed E-state index contributed by atoms with van der Waals surface area (Å²) < 4.78 is 42.4. The van der Waals surface area contributed by atoms with Crippen molar-refractivity contribution < 1.29 is 171 Å². The molecule has 0 unspecified atom stereocenters. The molecule has 0 spiro atoms. The van der Waals surface area contributed by atoms with Gasteiger partial charge in [-0.2, -0.15) is 0 Å². The maximum atomic E-state index is 7.75. The van der Waals surface area contributed by atoms with Crippen LogP contribution in [0.2, 0.25) is 0 Å². The summed E-state index contributed by atoms with van der Waals surface area (Å²) in [5.74, 6) is 0. The fourth-order valence-corrected chi connectivity index (χ4v) is 1.35. The van der Waals surface area contributed by atoms with E-state index < -0.39 is 0 Å². The number of nitrogens with zero attached hydrogens (tertiary/aromatic N) is 4. The van der Waals surface area contributed by atoms with Crippen molar-refractivity contribution in [3.05, 3.63) is 48.1 Å². The van der Waals surface area contributed by atoms with Crippen LogP contribution >= 0.6 is 19.8 Å². The first-order valence-electron chi connectivity index (χ1n) is 12.7. The van der Waals surface area contributed by atoms with E-state index in [1.807, 2.05) is 55.4 Å². The molecule has 61 heavy (non-hydrogen) atoms. The van der Waals surface area contributed by atoms with Crippen molar-refractivity contribution in [2.24, 2.45) is 20.0 Å². The molecule has 25 heteroatoms. The minimum atomic E-state index is 0. The first kappa shape index (κ1) is 153. The van der Waals surface area contributed by atoms with Crippen molar-refractivity contribution in [2.75, 3.05) is 13.2 Å². The fraction of sp³-hybridized carbons (Fsp3) is 0.444. The van der Waals surface area contributed by atoms with Gasteiger partial charge < -0.3 is 64.2 Å². The van der Waals surface area contributed by atoms with E-state index in [-0.39, 0.29) is 99.5 Å². The average molecular weight is 1250 g/mol. The Morgan fingerprint density at radius 3 is 0.590 bits per heavy atom. The number of hydrogen-bond donors (Lipinski definition) is 0. The third kappa shape index (κ3) is 614. The fourth-order valence-electron chi connectivity index (χ4n) is 1.35. The summed E-state index contributed by atoms with van der Waals surface area (Å²) in [6.45, 7) is 70.1. The molecule has 0 amide bonds. The molecule has 1 aliphatic heterocycles. The molecule has 0 aromatic rings. The van der Waals surface area contributed by atoms with Crippen molar-refractivity contribution >= 4 is 106 Å². The van der Waals surface area contributed by atoms with Crippen LogP contribution in [0.15, 0.2) is 20.0 Å². The summed E-state index contributed by atoms with van der Waals surface area (Å²) in [6, 6.07) is 1.49. The van der Waals surface area contributed by atoms with Gasteiger partial charge in [0.05, 0.1) is 0 Å². The molecule has 1 saturated heterocycles. The van der Waals surface area contributed by atoms with E-state index >= 15 is 0 Å². The number of halogens is 1. The molecule has 0 atom stereocenters. The van der Waals surface area contributed by atoms with E-state index in [0.29, 0.717) is 24.2 Å². The Hall–Kier alpha value is -1.61. The molecule has 1 heterocycles. The number of ether oxygens (including phenoxy) is 1. The van der Waals surface area contributed by atoms with E-state index in [9.17, 15) is 0 Å². The van der Waals surface area contributed by atoms with E-state index in [4.69, 9.17) is 71.1 Å². The molecular weight excluding hydrogens is 1190 g/mol. The molecule has 0 aliphatic carbocycles. The maximum absolute atomic E-state index is 7.75. The molecule has 0 aromatic carbocycles. The molecule has 19 nitrogen and oxygen atoms in total. The summed E-state index contributed by atoms with van der Waals surface area (Å²) in [5.41, 5.74) is 0. The molecule has 3 radical (unpaired) electrons. The zero-order valence-electron chi connectivity index (χ0n) is 36.9. The molecule has 353 valence electrons. The average Bonchev–Trinajstić information content (AvgIpc) is 3.90. The summed E-state index contributed by atoms with van der Waals surface area (Å²) in [6.07, 6.45) is 9.57. The van der Waals surface area contributed by atoms with Gasteiger partial charge in [0.1, 0.15) is 0 Å². The van der Waals surface area contributed by atoms with Gasteiger partial charge in [-0.15, -0.1) is 0 Å². The molecule has 1 aliphatic rings. The van der Waals surface area contributed by atoms with Gasteiger partial charge in [0.25, 0.3) is 0 Å². The van der Waals surface area contributed by atoms with Gasteiger partial charge in [-0.1, -0.05) is 0 Å².